The van der Waals surface area contributed by atoms with Crippen LogP contribution >= 0.6 is 0 Å². The van der Waals surface area contributed by atoms with E-state index in [2.05, 4.69) is 10.4 Å². The van der Waals surface area contributed by atoms with Crippen molar-refractivity contribution >= 4 is 17.6 Å². The van der Waals surface area contributed by atoms with Gasteiger partial charge in [-0.05, 0) is 32.0 Å². The Labute approximate surface area is 134 Å². The fourth-order valence-electron chi connectivity index (χ4n) is 2.22. The van der Waals surface area contributed by atoms with Crippen molar-refractivity contribution < 1.29 is 19.1 Å². The lowest BCUT2D eigenvalue weighted by Gasteiger charge is -2.08. The highest BCUT2D eigenvalue weighted by Gasteiger charge is 2.22. The predicted octanol–water partition coefficient (Wildman–Crippen LogP) is 2.17. The Balaban J connectivity index is 2.30. The van der Waals surface area contributed by atoms with Crippen molar-refractivity contribution in [1.82, 2.24) is 9.78 Å². The Morgan fingerprint density at radius 2 is 2.09 bits per heavy atom. The standard InChI is InChI=1S/C16H19N3O4/c1-5-23-12-8-6-7-11(9-12)15(20)17-13-10(2)18-19(3)14(13)16(21)22-4/h6-9H,5H2,1-4H3,(H,17,20). The van der Waals surface area contributed by atoms with Gasteiger partial charge in [0.1, 0.15) is 5.75 Å². The number of aryl methyl sites for hydroxylation is 2. The number of ether oxygens (including phenoxy) is 2. The lowest BCUT2D eigenvalue weighted by atomic mass is 10.2. The minimum absolute atomic E-state index is 0.194. The van der Waals surface area contributed by atoms with Gasteiger partial charge in [-0.2, -0.15) is 5.10 Å². The molecule has 1 amide bonds. The summed E-state index contributed by atoms with van der Waals surface area (Å²) in [5.41, 5.74) is 1.49. The van der Waals surface area contributed by atoms with Gasteiger partial charge in [-0.15, -0.1) is 0 Å². The molecule has 0 aliphatic heterocycles. The minimum Gasteiger partial charge on any atom is -0.494 e. The molecule has 0 unspecified atom stereocenters. The molecule has 2 rings (SSSR count). The Bertz CT molecular complexity index is 737. The number of methoxy groups -OCH3 is 1. The van der Waals surface area contributed by atoms with Crippen LogP contribution in [0.3, 0.4) is 0 Å². The second-order valence-electron chi connectivity index (χ2n) is 4.84. The third kappa shape index (κ3) is 3.50. The van der Waals surface area contributed by atoms with E-state index in [1.165, 1.54) is 11.8 Å². The first kappa shape index (κ1) is 16.5. The smallest absolute Gasteiger partial charge is 0.358 e. The van der Waals surface area contributed by atoms with E-state index in [1.54, 1.807) is 38.2 Å². The second kappa shape index (κ2) is 6.95. The van der Waals surface area contributed by atoms with Crippen LogP contribution in [0.25, 0.3) is 0 Å². The number of rotatable bonds is 5. The molecule has 0 saturated heterocycles. The van der Waals surface area contributed by atoms with Crippen molar-refractivity contribution in [2.75, 3.05) is 19.0 Å². The van der Waals surface area contributed by atoms with Gasteiger partial charge in [-0.3, -0.25) is 9.48 Å². The molecule has 2 aromatic rings. The number of hydrogen-bond acceptors (Lipinski definition) is 5. The monoisotopic (exact) mass is 317 g/mol. The van der Waals surface area contributed by atoms with Crippen molar-refractivity contribution in [2.24, 2.45) is 7.05 Å². The van der Waals surface area contributed by atoms with Crippen LogP contribution in [0, 0.1) is 6.92 Å². The second-order valence-corrected chi connectivity index (χ2v) is 4.84. The molecule has 0 bridgehead atoms. The number of carbonyl (C=O) groups excluding carboxylic acids is 2. The van der Waals surface area contributed by atoms with Gasteiger partial charge in [0.25, 0.3) is 5.91 Å². The van der Waals surface area contributed by atoms with Gasteiger partial charge in [0, 0.05) is 12.6 Å². The Morgan fingerprint density at radius 1 is 1.35 bits per heavy atom. The molecule has 1 N–H and O–H groups in total. The molecule has 7 heteroatoms. The summed E-state index contributed by atoms with van der Waals surface area (Å²) in [6, 6.07) is 6.82. The quantitative estimate of drug-likeness (QED) is 0.855. The topological polar surface area (TPSA) is 82.5 Å². The van der Waals surface area contributed by atoms with Gasteiger partial charge in [0.15, 0.2) is 5.69 Å². The zero-order valence-electron chi connectivity index (χ0n) is 13.5. The van der Waals surface area contributed by atoms with E-state index < -0.39 is 5.97 Å². The lowest BCUT2D eigenvalue weighted by molar-refractivity contribution is 0.0589. The zero-order valence-corrected chi connectivity index (χ0v) is 13.5. The average Bonchev–Trinajstić information content (AvgIpc) is 2.81. The number of aromatic nitrogens is 2. The molecule has 0 atom stereocenters. The molecule has 1 heterocycles. The van der Waals surface area contributed by atoms with E-state index in [4.69, 9.17) is 9.47 Å². The first-order chi connectivity index (χ1) is 11.0. The molecule has 0 saturated carbocycles. The van der Waals surface area contributed by atoms with Crippen LogP contribution in [-0.2, 0) is 11.8 Å². The zero-order chi connectivity index (χ0) is 17.0. The van der Waals surface area contributed by atoms with Crippen molar-refractivity contribution in [3.05, 3.63) is 41.2 Å². The van der Waals surface area contributed by atoms with Gasteiger partial charge < -0.3 is 14.8 Å². The third-order valence-corrected chi connectivity index (χ3v) is 3.25. The fraction of sp³-hybridized carbons (Fsp3) is 0.312. The lowest BCUT2D eigenvalue weighted by Crippen LogP contribution is -2.17. The van der Waals surface area contributed by atoms with Crippen LogP contribution in [0.4, 0.5) is 5.69 Å². The molecular formula is C16H19N3O4. The van der Waals surface area contributed by atoms with E-state index in [9.17, 15) is 9.59 Å². The van der Waals surface area contributed by atoms with Gasteiger partial charge in [0.05, 0.1) is 25.1 Å². The fourth-order valence-corrected chi connectivity index (χ4v) is 2.22. The molecule has 0 radical (unpaired) electrons. The van der Waals surface area contributed by atoms with Crippen LogP contribution in [0.1, 0.15) is 33.5 Å². The van der Waals surface area contributed by atoms with E-state index in [0.29, 0.717) is 29.3 Å². The number of nitrogens with zero attached hydrogens (tertiary/aromatic N) is 2. The summed E-state index contributed by atoms with van der Waals surface area (Å²) in [4.78, 5) is 24.3. The van der Waals surface area contributed by atoms with Gasteiger partial charge in [0.2, 0.25) is 0 Å². The molecule has 0 aliphatic carbocycles. The summed E-state index contributed by atoms with van der Waals surface area (Å²) in [7, 11) is 2.90. The Kier molecular flexibility index (Phi) is 5.00. The summed E-state index contributed by atoms with van der Waals surface area (Å²) in [6.07, 6.45) is 0. The highest BCUT2D eigenvalue weighted by molar-refractivity contribution is 6.08. The maximum atomic E-state index is 12.4. The van der Waals surface area contributed by atoms with Crippen LogP contribution in [0.5, 0.6) is 5.75 Å². The van der Waals surface area contributed by atoms with Gasteiger partial charge >= 0.3 is 5.97 Å². The van der Waals surface area contributed by atoms with Crippen molar-refractivity contribution in [3.8, 4) is 5.75 Å². The molecule has 122 valence electrons. The average molecular weight is 317 g/mol. The predicted molar refractivity (Wildman–Crippen MR) is 84.8 cm³/mol. The summed E-state index contributed by atoms with van der Waals surface area (Å²) >= 11 is 0. The van der Waals surface area contributed by atoms with Crippen molar-refractivity contribution in [3.63, 3.8) is 0 Å². The molecule has 0 aliphatic rings. The molecule has 0 fully saturated rings. The molecule has 1 aromatic carbocycles. The van der Waals surface area contributed by atoms with Crippen LogP contribution in [-0.4, -0.2) is 35.4 Å². The number of nitrogens with one attached hydrogen (secondary N) is 1. The summed E-state index contributed by atoms with van der Waals surface area (Å²) in [5, 5.41) is 6.87. The van der Waals surface area contributed by atoms with Gasteiger partial charge in [-0.25, -0.2) is 4.79 Å². The molecule has 1 aromatic heterocycles. The minimum atomic E-state index is -0.563. The normalized spacial score (nSPS) is 10.3. The molecule has 7 nitrogen and oxygen atoms in total. The van der Waals surface area contributed by atoms with Crippen molar-refractivity contribution in [2.45, 2.75) is 13.8 Å². The summed E-state index contributed by atoms with van der Waals surface area (Å²) in [6.45, 7) is 4.09. The number of hydrogen-bond donors (Lipinski definition) is 1. The van der Waals surface area contributed by atoms with Crippen molar-refractivity contribution in [1.29, 1.82) is 0 Å². The van der Waals surface area contributed by atoms with E-state index in [0.717, 1.165) is 0 Å². The molecule has 23 heavy (non-hydrogen) atoms. The van der Waals surface area contributed by atoms with E-state index in [-0.39, 0.29) is 11.6 Å². The third-order valence-electron chi connectivity index (χ3n) is 3.25. The van der Waals surface area contributed by atoms with Crippen LogP contribution in [0.15, 0.2) is 24.3 Å². The number of esters is 1. The highest BCUT2D eigenvalue weighted by atomic mass is 16.5. The SMILES string of the molecule is CCOc1cccc(C(=O)Nc2c(C)nn(C)c2C(=O)OC)c1. The molecule has 0 spiro atoms. The summed E-state index contributed by atoms with van der Waals surface area (Å²) in [5.74, 6) is -0.310. The largest absolute Gasteiger partial charge is 0.494 e. The molecular weight excluding hydrogens is 298 g/mol. The van der Waals surface area contributed by atoms with E-state index >= 15 is 0 Å². The van der Waals surface area contributed by atoms with Crippen LogP contribution in [0.2, 0.25) is 0 Å². The first-order valence-corrected chi connectivity index (χ1v) is 7.14. The number of anilines is 1. The first-order valence-electron chi connectivity index (χ1n) is 7.14. The Hall–Kier alpha value is -2.83. The number of amides is 1. The van der Waals surface area contributed by atoms with E-state index in [1.807, 2.05) is 6.92 Å². The summed E-state index contributed by atoms with van der Waals surface area (Å²) < 4.78 is 11.5. The van der Waals surface area contributed by atoms with Crippen LogP contribution < -0.4 is 10.1 Å². The maximum absolute atomic E-state index is 12.4. The van der Waals surface area contributed by atoms with Gasteiger partial charge in [-0.1, -0.05) is 6.07 Å². The maximum Gasteiger partial charge on any atom is 0.358 e. The number of benzene rings is 1. The highest BCUT2D eigenvalue weighted by Crippen LogP contribution is 2.22. The number of carbonyl (C=O) groups is 2. The Morgan fingerprint density at radius 3 is 2.74 bits per heavy atom.